The van der Waals surface area contributed by atoms with Gasteiger partial charge in [0.2, 0.25) is 0 Å². The first kappa shape index (κ1) is 12.1. The van der Waals surface area contributed by atoms with Gasteiger partial charge in [-0.25, -0.2) is 9.78 Å². The fraction of sp³-hybridized carbons (Fsp3) is 0.0769. The minimum absolute atomic E-state index is 0.246. The van der Waals surface area contributed by atoms with Gasteiger partial charge in [-0.3, -0.25) is 0 Å². The molecule has 0 spiro atoms. The van der Waals surface area contributed by atoms with E-state index in [1.165, 1.54) is 4.52 Å². The Morgan fingerprint density at radius 3 is 2.65 bits per heavy atom. The van der Waals surface area contributed by atoms with E-state index in [0.29, 0.717) is 5.69 Å². The first-order valence-corrected chi connectivity index (χ1v) is 5.78. The van der Waals surface area contributed by atoms with Crippen LogP contribution >= 0.6 is 0 Å². The molecule has 0 saturated heterocycles. The van der Waals surface area contributed by atoms with Crippen LogP contribution in [0.2, 0.25) is 0 Å². The van der Waals surface area contributed by atoms with E-state index in [-0.39, 0.29) is 11.6 Å². The number of carbonyl (C=O) groups is 1. The lowest BCUT2D eigenvalue weighted by Gasteiger charge is -2.04. The Kier molecular flexibility index (Phi) is 2.79. The number of carboxylic acid groups (broad SMARTS) is 1. The highest BCUT2D eigenvalue weighted by Gasteiger charge is 2.14. The second kappa shape index (κ2) is 4.61. The standard InChI is InChI=1S/C13H10N4O3/c1-20-9-4-2-8(3-5-9)10-6-7-14-13-15-11(12(18)19)16-17(10)13/h2-7H,1H3,(H,18,19). The summed E-state index contributed by atoms with van der Waals surface area (Å²) in [7, 11) is 1.59. The van der Waals surface area contributed by atoms with E-state index in [0.717, 1.165) is 11.3 Å². The Morgan fingerprint density at radius 1 is 1.25 bits per heavy atom. The Balaban J connectivity index is 2.16. The molecule has 3 aromatic rings. The van der Waals surface area contributed by atoms with Crippen molar-refractivity contribution in [2.24, 2.45) is 0 Å². The normalized spacial score (nSPS) is 10.7. The first-order chi connectivity index (χ1) is 9.69. The third kappa shape index (κ3) is 1.95. The quantitative estimate of drug-likeness (QED) is 0.775. The molecule has 2 aromatic heterocycles. The fourth-order valence-corrected chi connectivity index (χ4v) is 1.87. The molecule has 0 aliphatic rings. The smallest absolute Gasteiger partial charge is 0.375 e. The molecule has 100 valence electrons. The molecular weight excluding hydrogens is 260 g/mol. The summed E-state index contributed by atoms with van der Waals surface area (Å²) in [5, 5.41) is 12.9. The molecule has 0 bridgehead atoms. The second-order valence-corrected chi connectivity index (χ2v) is 4.01. The van der Waals surface area contributed by atoms with Crippen LogP contribution in [0.3, 0.4) is 0 Å². The van der Waals surface area contributed by atoms with Crippen molar-refractivity contribution < 1.29 is 14.6 Å². The van der Waals surface area contributed by atoms with Crippen LogP contribution < -0.4 is 4.74 Å². The lowest BCUT2D eigenvalue weighted by Crippen LogP contribution is -2.00. The molecule has 20 heavy (non-hydrogen) atoms. The van der Waals surface area contributed by atoms with Crippen LogP contribution in [0.5, 0.6) is 5.75 Å². The number of methoxy groups -OCH3 is 1. The predicted molar refractivity (Wildman–Crippen MR) is 69.7 cm³/mol. The zero-order valence-corrected chi connectivity index (χ0v) is 10.5. The number of fused-ring (bicyclic) bond motifs is 1. The van der Waals surface area contributed by atoms with E-state index in [4.69, 9.17) is 9.84 Å². The highest BCUT2D eigenvalue weighted by molar-refractivity contribution is 5.83. The third-order valence-corrected chi connectivity index (χ3v) is 2.82. The van der Waals surface area contributed by atoms with Crippen LogP contribution in [0.4, 0.5) is 0 Å². The molecule has 0 unspecified atom stereocenters. The number of nitrogens with zero attached hydrogens (tertiary/aromatic N) is 4. The Bertz CT molecular complexity index is 780. The summed E-state index contributed by atoms with van der Waals surface area (Å²) in [6.07, 6.45) is 1.56. The zero-order chi connectivity index (χ0) is 14.1. The summed E-state index contributed by atoms with van der Waals surface area (Å²) in [5.74, 6) is -0.478. The maximum atomic E-state index is 10.9. The van der Waals surface area contributed by atoms with E-state index >= 15 is 0 Å². The van der Waals surface area contributed by atoms with Gasteiger partial charge in [-0.05, 0) is 30.3 Å². The summed E-state index contributed by atoms with van der Waals surface area (Å²) in [4.78, 5) is 18.8. The van der Waals surface area contributed by atoms with Gasteiger partial charge >= 0.3 is 5.97 Å². The molecule has 2 heterocycles. The van der Waals surface area contributed by atoms with Gasteiger partial charge in [0.05, 0.1) is 12.8 Å². The monoisotopic (exact) mass is 270 g/mol. The maximum Gasteiger partial charge on any atom is 0.375 e. The minimum atomic E-state index is -1.18. The van der Waals surface area contributed by atoms with Crippen molar-refractivity contribution in [3.05, 3.63) is 42.4 Å². The van der Waals surface area contributed by atoms with Crippen molar-refractivity contribution >= 4 is 11.7 Å². The number of aromatic carboxylic acids is 1. The highest BCUT2D eigenvalue weighted by atomic mass is 16.5. The van der Waals surface area contributed by atoms with E-state index in [1.807, 2.05) is 24.3 Å². The molecule has 0 aliphatic heterocycles. The Labute approximate surface area is 113 Å². The van der Waals surface area contributed by atoms with Gasteiger partial charge in [0.15, 0.2) is 0 Å². The van der Waals surface area contributed by atoms with Crippen LogP contribution in [-0.4, -0.2) is 37.8 Å². The number of benzene rings is 1. The first-order valence-electron chi connectivity index (χ1n) is 5.78. The average molecular weight is 270 g/mol. The summed E-state index contributed by atoms with van der Waals surface area (Å²) < 4.78 is 6.51. The van der Waals surface area contributed by atoms with Crippen molar-refractivity contribution in [3.63, 3.8) is 0 Å². The molecular formula is C13H10N4O3. The van der Waals surface area contributed by atoms with Gasteiger partial charge < -0.3 is 9.84 Å². The van der Waals surface area contributed by atoms with Crippen molar-refractivity contribution in [3.8, 4) is 17.0 Å². The van der Waals surface area contributed by atoms with E-state index in [9.17, 15) is 4.79 Å². The number of carboxylic acids is 1. The summed E-state index contributed by atoms with van der Waals surface area (Å²) in [6.45, 7) is 0. The van der Waals surface area contributed by atoms with Crippen LogP contribution in [0.25, 0.3) is 17.0 Å². The van der Waals surface area contributed by atoms with Crippen molar-refractivity contribution in [1.82, 2.24) is 19.6 Å². The van der Waals surface area contributed by atoms with Gasteiger partial charge in [-0.2, -0.15) is 9.50 Å². The van der Waals surface area contributed by atoms with Crippen LogP contribution in [0, 0.1) is 0 Å². The molecule has 0 radical (unpaired) electrons. The van der Waals surface area contributed by atoms with Gasteiger partial charge in [0, 0.05) is 11.8 Å². The van der Waals surface area contributed by atoms with Crippen LogP contribution in [-0.2, 0) is 0 Å². The number of hydrogen-bond donors (Lipinski definition) is 1. The zero-order valence-electron chi connectivity index (χ0n) is 10.5. The van der Waals surface area contributed by atoms with Crippen LogP contribution in [0.15, 0.2) is 36.5 Å². The molecule has 7 heteroatoms. The van der Waals surface area contributed by atoms with E-state index in [1.54, 1.807) is 19.4 Å². The Hall–Kier alpha value is -2.96. The topological polar surface area (TPSA) is 89.6 Å². The second-order valence-electron chi connectivity index (χ2n) is 4.01. The predicted octanol–water partition coefficient (Wildman–Crippen LogP) is 1.50. The molecule has 1 N–H and O–H groups in total. The highest BCUT2D eigenvalue weighted by Crippen LogP contribution is 2.22. The van der Waals surface area contributed by atoms with Gasteiger partial charge in [0.1, 0.15) is 5.75 Å². The fourth-order valence-electron chi connectivity index (χ4n) is 1.87. The lowest BCUT2D eigenvalue weighted by molar-refractivity contribution is 0.0684. The van der Waals surface area contributed by atoms with Gasteiger partial charge in [-0.1, -0.05) is 0 Å². The molecule has 3 rings (SSSR count). The lowest BCUT2D eigenvalue weighted by atomic mass is 10.1. The molecule has 1 aromatic carbocycles. The number of hydrogen-bond acceptors (Lipinski definition) is 5. The number of rotatable bonds is 3. The van der Waals surface area contributed by atoms with Gasteiger partial charge in [0.25, 0.3) is 11.6 Å². The number of ether oxygens (including phenoxy) is 1. The van der Waals surface area contributed by atoms with Crippen LogP contribution in [0.1, 0.15) is 10.6 Å². The molecule has 0 fully saturated rings. The maximum absolute atomic E-state index is 10.9. The summed E-state index contributed by atoms with van der Waals surface area (Å²) in [6, 6.07) is 9.09. The van der Waals surface area contributed by atoms with E-state index in [2.05, 4.69) is 15.1 Å². The van der Waals surface area contributed by atoms with Crippen molar-refractivity contribution in [2.75, 3.05) is 7.11 Å². The summed E-state index contributed by atoms with van der Waals surface area (Å²) >= 11 is 0. The SMILES string of the molecule is COc1ccc(-c2ccnc3nc(C(=O)O)nn23)cc1. The third-order valence-electron chi connectivity index (χ3n) is 2.82. The molecule has 0 saturated carbocycles. The summed E-state index contributed by atoms with van der Waals surface area (Å²) in [5.41, 5.74) is 1.57. The Morgan fingerprint density at radius 2 is 2.00 bits per heavy atom. The largest absolute Gasteiger partial charge is 0.497 e. The molecule has 7 nitrogen and oxygen atoms in total. The average Bonchev–Trinajstić information content (AvgIpc) is 2.91. The van der Waals surface area contributed by atoms with E-state index < -0.39 is 5.97 Å². The molecule has 0 aliphatic carbocycles. The van der Waals surface area contributed by atoms with Gasteiger partial charge in [-0.15, -0.1) is 5.10 Å². The number of aromatic nitrogens is 4. The molecule has 0 amide bonds. The van der Waals surface area contributed by atoms with Crippen molar-refractivity contribution in [1.29, 1.82) is 0 Å². The minimum Gasteiger partial charge on any atom is -0.497 e. The van der Waals surface area contributed by atoms with Crippen molar-refractivity contribution in [2.45, 2.75) is 0 Å². The molecule has 0 atom stereocenters.